The number of amides is 3. The lowest BCUT2D eigenvalue weighted by atomic mass is 9.87. The summed E-state index contributed by atoms with van der Waals surface area (Å²) < 4.78 is 13.6. The lowest BCUT2D eigenvalue weighted by molar-refractivity contribution is -0.136. The summed E-state index contributed by atoms with van der Waals surface area (Å²) in [6.07, 6.45) is 7.24. The van der Waals surface area contributed by atoms with Crippen molar-refractivity contribution in [2.75, 3.05) is 45.3 Å². The first-order valence-corrected chi connectivity index (χ1v) is 17.7. The third kappa shape index (κ3) is 5.90. The number of nitrogens with zero attached hydrogens (tertiary/aromatic N) is 5. The van der Waals surface area contributed by atoms with Crippen LogP contribution in [0.15, 0.2) is 53.6 Å². The van der Waals surface area contributed by atoms with E-state index in [1.54, 1.807) is 36.9 Å². The molecule has 6 heterocycles. The fourth-order valence-electron chi connectivity index (χ4n) is 8.09. The van der Waals surface area contributed by atoms with E-state index in [2.05, 4.69) is 32.2 Å². The molecule has 4 aliphatic heterocycles. The van der Waals surface area contributed by atoms with Gasteiger partial charge in [0.2, 0.25) is 11.8 Å². The number of rotatable bonds is 8. The average molecular weight is 691 g/mol. The van der Waals surface area contributed by atoms with Crippen LogP contribution in [-0.4, -0.2) is 83.5 Å². The molecular weight excluding hydrogens is 648 g/mol. The molecule has 4 aliphatic rings. The minimum Gasteiger partial charge on any atom is -0.496 e. The Balaban J connectivity index is 0.992. The number of benzene rings is 2. The fourth-order valence-corrected chi connectivity index (χ4v) is 8.09. The van der Waals surface area contributed by atoms with E-state index in [0.29, 0.717) is 36.4 Å². The molecule has 1 N–H and O–H groups in total. The number of imide groups is 1. The Morgan fingerprint density at radius 1 is 0.882 bits per heavy atom. The van der Waals surface area contributed by atoms with Crippen LogP contribution in [-0.2, 0) is 29.7 Å². The highest BCUT2D eigenvalue weighted by Crippen LogP contribution is 2.40. The summed E-state index contributed by atoms with van der Waals surface area (Å²) in [5, 5.41) is 3.80. The van der Waals surface area contributed by atoms with Gasteiger partial charge in [-0.15, -0.1) is 0 Å². The third-order valence-corrected chi connectivity index (χ3v) is 11.1. The summed E-state index contributed by atoms with van der Waals surface area (Å²) in [5.41, 5.74) is 5.50. The number of aryl methyl sites for hydroxylation is 1. The molecule has 264 valence electrons. The standard InChI is InChI=1S/C39H42N6O6/c1-42-21-30(28-18-35(44-11-4-12-44)40-19-29(28)38(42)48)25-16-33(50-2)31(34(17-25)51-3)22-43-13-9-23(10-14-43)24-5-6-27-26(15-24)20-45(39(27)49)32-7-8-36(46)41-37(32)47/h5-6,15-19,21,23,32H,4,7-14,20,22H2,1-3H3,(H,41,46,47). The Bertz CT molecular complexity index is 2110. The number of piperidine rings is 2. The number of hydrogen-bond donors (Lipinski definition) is 1. The van der Waals surface area contributed by atoms with Gasteiger partial charge < -0.3 is 23.8 Å². The number of carbonyl (C=O) groups is 3. The lowest BCUT2D eigenvalue weighted by Gasteiger charge is -2.33. The van der Waals surface area contributed by atoms with Crippen LogP contribution < -0.4 is 25.2 Å². The SMILES string of the molecule is COc1cc(-c2cn(C)c(=O)c3cnc(N4CCC4)cc23)cc(OC)c1CN1CCC(c2ccc3c(c2)CN(C2CCC(=O)NC2=O)C3=O)CC1. The molecule has 1 atom stereocenters. The number of likely N-dealkylation sites (tertiary alicyclic amines) is 1. The van der Waals surface area contributed by atoms with Crippen molar-refractivity contribution in [3.8, 4) is 22.6 Å². The molecule has 12 nitrogen and oxygen atoms in total. The van der Waals surface area contributed by atoms with Gasteiger partial charge in [0.25, 0.3) is 11.5 Å². The molecule has 8 rings (SSSR count). The first-order chi connectivity index (χ1) is 24.7. The number of carbonyl (C=O) groups excluding carboxylic acids is 3. The second kappa shape index (κ2) is 13.1. The van der Waals surface area contributed by atoms with Crippen molar-refractivity contribution >= 4 is 34.3 Å². The average Bonchev–Trinajstić information content (AvgIpc) is 3.44. The molecule has 3 saturated heterocycles. The Labute approximate surface area is 295 Å². The molecule has 51 heavy (non-hydrogen) atoms. The lowest BCUT2D eigenvalue weighted by Crippen LogP contribution is -2.52. The van der Waals surface area contributed by atoms with Crippen LogP contribution in [0.3, 0.4) is 0 Å². The number of hydrogen-bond acceptors (Lipinski definition) is 9. The van der Waals surface area contributed by atoms with Crippen molar-refractivity contribution in [2.24, 2.45) is 7.05 Å². The highest BCUT2D eigenvalue weighted by molar-refractivity contribution is 6.05. The minimum absolute atomic E-state index is 0.0852. The number of ether oxygens (including phenoxy) is 2. The maximum atomic E-state index is 13.2. The molecule has 2 aromatic heterocycles. The molecule has 0 radical (unpaired) electrons. The van der Waals surface area contributed by atoms with E-state index in [9.17, 15) is 19.2 Å². The van der Waals surface area contributed by atoms with Gasteiger partial charge >= 0.3 is 0 Å². The van der Waals surface area contributed by atoms with Crippen LogP contribution in [0.4, 0.5) is 5.82 Å². The number of anilines is 1. The van der Waals surface area contributed by atoms with Crippen LogP contribution in [0.5, 0.6) is 11.5 Å². The van der Waals surface area contributed by atoms with Gasteiger partial charge in [0, 0.05) is 68.6 Å². The highest BCUT2D eigenvalue weighted by atomic mass is 16.5. The molecule has 1 unspecified atom stereocenters. The van der Waals surface area contributed by atoms with Crippen LogP contribution in [0.1, 0.15) is 65.1 Å². The Morgan fingerprint density at radius 2 is 1.63 bits per heavy atom. The fraction of sp³-hybridized carbons (Fsp3) is 0.410. The summed E-state index contributed by atoms with van der Waals surface area (Å²) in [7, 11) is 5.12. The maximum absolute atomic E-state index is 13.2. The first kappa shape index (κ1) is 32.9. The number of fused-ring (bicyclic) bond motifs is 2. The number of methoxy groups -OCH3 is 2. The molecule has 0 spiro atoms. The summed E-state index contributed by atoms with van der Waals surface area (Å²) in [5.74, 6) is 1.87. The Morgan fingerprint density at radius 3 is 2.29 bits per heavy atom. The van der Waals surface area contributed by atoms with Crippen molar-refractivity contribution < 1.29 is 23.9 Å². The van der Waals surface area contributed by atoms with E-state index in [4.69, 9.17) is 9.47 Å². The zero-order chi connectivity index (χ0) is 35.4. The predicted molar refractivity (Wildman–Crippen MR) is 192 cm³/mol. The largest absolute Gasteiger partial charge is 0.496 e. The van der Waals surface area contributed by atoms with Crippen molar-refractivity contribution in [2.45, 2.75) is 57.2 Å². The van der Waals surface area contributed by atoms with E-state index in [0.717, 1.165) is 90.4 Å². The maximum Gasteiger partial charge on any atom is 0.259 e. The van der Waals surface area contributed by atoms with E-state index in [-0.39, 0.29) is 23.8 Å². The predicted octanol–water partition coefficient (Wildman–Crippen LogP) is 3.97. The first-order valence-electron chi connectivity index (χ1n) is 17.7. The second-order valence-corrected chi connectivity index (χ2v) is 14.1. The van der Waals surface area contributed by atoms with Crippen LogP contribution >= 0.6 is 0 Å². The number of nitrogens with one attached hydrogen (secondary N) is 1. The van der Waals surface area contributed by atoms with Gasteiger partial charge in [-0.05, 0) is 85.6 Å². The summed E-state index contributed by atoms with van der Waals surface area (Å²) in [6.45, 7) is 4.74. The molecule has 3 fully saturated rings. The number of aromatic nitrogens is 2. The summed E-state index contributed by atoms with van der Waals surface area (Å²) >= 11 is 0. The zero-order valence-corrected chi connectivity index (χ0v) is 29.2. The van der Waals surface area contributed by atoms with E-state index >= 15 is 0 Å². The second-order valence-electron chi connectivity index (χ2n) is 14.1. The van der Waals surface area contributed by atoms with Crippen molar-refractivity contribution in [3.63, 3.8) is 0 Å². The molecule has 0 saturated carbocycles. The van der Waals surface area contributed by atoms with Gasteiger partial charge in [-0.25, -0.2) is 4.98 Å². The van der Waals surface area contributed by atoms with E-state index in [1.165, 1.54) is 5.56 Å². The van der Waals surface area contributed by atoms with Crippen molar-refractivity contribution in [1.82, 2.24) is 24.7 Å². The Hall–Kier alpha value is -5.23. The van der Waals surface area contributed by atoms with Crippen LogP contribution in [0.2, 0.25) is 0 Å². The van der Waals surface area contributed by atoms with Gasteiger partial charge in [0.05, 0.1) is 25.2 Å². The molecule has 0 bridgehead atoms. The summed E-state index contributed by atoms with van der Waals surface area (Å²) in [6, 6.07) is 11.6. The van der Waals surface area contributed by atoms with Crippen LogP contribution in [0.25, 0.3) is 21.9 Å². The molecule has 0 aliphatic carbocycles. The topological polar surface area (TPSA) is 126 Å². The number of pyridine rings is 2. The normalized spacial score (nSPS) is 19.7. The van der Waals surface area contributed by atoms with Gasteiger partial charge in [-0.1, -0.05) is 12.1 Å². The van der Waals surface area contributed by atoms with E-state index in [1.807, 2.05) is 30.5 Å². The molecule has 12 heteroatoms. The van der Waals surface area contributed by atoms with Gasteiger partial charge in [-0.3, -0.25) is 29.4 Å². The van der Waals surface area contributed by atoms with Crippen molar-refractivity contribution in [1.29, 1.82) is 0 Å². The molecular formula is C39H42N6O6. The van der Waals surface area contributed by atoms with Crippen LogP contribution in [0, 0.1) is 0 Å². The van der Waals surface area contributed by atoms with Gasteiger partial charge in [0.1, 0.15) is 23.4 Å². The summed E-state index contributed by atoms with van der Waals surface area (Å²) in [4.78, 5) is 61.2. The monoisotopic (exact) mass is 690 g/mol. The van der Waals surface area contributed by atoms with Crippen molar-refractivity contribution in [3.05, 3.63) is 81.4 Å². The third-order valence-electron chi connectivity index (χ3n) is 11.1. The molecule has 2 aromatic carbocycles. The quantitative estimate of drug-likeness (QED) is 0.274. The smallest absolute Gasteiger partial charge is 0.259 e. The highest BCUT2D eigenvalue weighted by Gasteiger charge is 2.39. The Kier molecular flexibility index (Phi) is 8.49. The van der Waals surface area contributed by atoms with Gasteiger partial charge in [-0.2, -0.15) is 0 Å². The zero-order valence-electron chi connectivity index (χ0n) is 29.2. The minimum atomic E-state index is -0.613. The molecule has 4 aromatic rings. The van der Waals surface area contributed by atoms with E-state index < -0.39 is 11.9 Å². The molecule has 3 amide bonds. The van der Waals surface area contributed by atoms with Gasteiger partial charge in [0.15, 0.2) is 0 Å².